The minimum absolute atomic E-state index is 0.121. The van der Waals surface area contributed by atoms with Crippen LogP contribution >= 0.6 is 0 Å². The van der Waals surface area contributed by atoms with Crippen LogP contribution in [0.3, 0.4) is 0 Å². The van der Waals surface area contributed by atoms with Crippen LogP contribution in [0.4, 0.5) is 4.39 Å². The first-order chi connectivity index (χ1) is 13.4. The Hall–Kier alpha value is -3.29. The van der Waals surface area contributed by atoms with Gasteiger partial charge in [0.25, 0.3) is 11.5 Å². The fourth-order valence-corrected chi connectivity index (χ4v) is 3.72. The van der Waals surface area contributed by atoms with Gasteiger partial charge in [-0.25, -0.2) is 9.37 Å². The van der Waals surface area contributed by atoms with Crippen LogP contribution in [0, 0.1) is 11.7 Å². The summed E-state index contributed by atoms with van der Waals surface area (Å²) in [5, 5.41) is 12.1. The van der Waals surface area contributed by atoms with E-state index in [9.17, 15) is 18.8 Å². The third-order valence-corrected chi connectivity index (χ3v) is 5.26. The molecule has 0 spiro atoms. The summed E-state index contributed by atoms with van der Waals surface area (Å²) in [6.45, 7) is 0. The molecular formula is C20H18FN3O4. The summed E-state index contributed by atoms with van der Waals surface area (Å²) in [7, 11) is 0. The lowest BCUT2D eigenvalue weighted by Crippen LogP contribution is -2.39. The molecule has 1 aromatic carbocycles. The number of halogens is 1. The molecule has 0 saturated heterocycles. The molecule has 144 valence electrons. The van der Waals surface area contributed by atoms with Crippen LogP contribution in [0.25, 0.3) is 16.6 Å². The monoisotopic (exact) mass is 383 g/mol. The van der Waals surface area contributed by atoms with Gasteiger partial charge in [0.1, 0.15) is 5.82 Å². The molecule has 0 aliphatic heterocycles. The predicted octanol–water partition coefficient (Wildman–Crippen LogP) is 2.36. The van der Waals surface area contributed by atoms with Crippen LogP contribution in [0.1, 0.15) is 36.0 Å². The van der Waals surface area contributed by atoms with E-state index in [0.29, 0.717) is 31.2 Å². The average molecular weight is 383 g/mol. The number of rotatable bonds is 3. The Morgan fingerprint density at radius 1 is 1.18 bits per heavy atom. The van der Waals surface area contributed by atoms with Gasteiger partial charge in [0.15, 0.2) is 5.65 Å². The van der Waals surface area contributed by atoms with Crippen LogP contribution in [0.5, 0.6) is 0 Å². The molecule has 4 rings (SSSR count). The number of amides is 1. The van der Waals surface area contributed by atoms with Gasteiger partial charge in [0, 0.05) is 12.2 Å². The molecule has 2 aromatic heterocycles. The second-order valence-electron chi connectivity index (χ2n) is 7.05. The minimum atomic E-state index is -0.800. The van der Waals surface area contributed by atoms with Crippen molar-refractivity contribution in [2.75, 3.05) is 0 Å². The zero-order chi connectivity index (χ0) is 19.8. The van der Waals surface area contributed by atoms with Gasteiger partial charge in [-0.05, 0) is 56.0 Å². The van der Waals surface area contributed by atoms with Gasteiger partial charge in [-0.15, -0.1) is 0 Å². The quantitative estimate of drug-likeness (QED) is 0.676. The number of carboxylic acid groups (broad SMARTS) is 1. The first kappa shape index (κ1) is 18.1. The summed E-state index contributed by atoms with van der Waals surface area (Å²) in [6.07, 6.45) is 3.70. The highest BCUT2D eigenvalue weighted by Gasteiger charge is 2.27. The topological polar surface area (TPSA) is 101 Å². The Balaban J connectivity index is 1.66. The van der Waals surface area contributed by atoms with Crippen molar-refractivity contribution >= 4 is 28.4 Å². The van der Waals surface area contributed by atoms with E-state index in [-0.39, 0.29) is 34.5 Å². The molecule has 1 amide bonds. The smallest absolute Gasteiger partial charge is 0.306 e. The Kier molecular flexibility index (Phi) is 4.54. The molecule has 0 atom stereocenters. The molecule has 0 unspecified atom stereocenters. The SMILES string of the molecule is O=C(NC1CCC(C(=O)O)CC1)c1cccn2c(=O)c3cc(F)ccc3nc12. The van der Waals surface area contributed by atoms with Crippen molar-refractivity contribution in [2.24, 2.45) is 5.92 Å². The zero-order valence-electron chi connectivity index (χ0n) is 14.9. The van der Waals surface area contributed by atoms with Crippen LogP contribution < -0.4 is 10.9 Å². The molecule has 1 aliphatic carbocycles. The van der Waals surface area contributed by atoms with Crippen LogP contribution in [-0.2, 0) is 4.79 Å². The number of carboxylic acids is 1. The number of carbonyl (C=O) groups excluding carboxylic acids is 1. The summed E-state index contributed by atoms with van der Waals surface area (Å²) < 4.78 is 14.7. The number of nitrogens with zero attached hydrogens (tertiary/aromatic N) is 2. The second kappa shape index (κ2) is 7.03. The van der Waals surface area contributed by atoms with Gasteiger partial charge in [-0.1, -0.05) is 0 Å². The lowest BCUT2D eigenvalue weighted by molar-refractivity contribution is -0.142. The predicted molar refractivity (Wildman–Crippen MR) is 99.8 cm³/mol. The number of hydrogen-bond acceptors (Lipinski definition) is 4. The highest BCUT2D eigenvalue weighted by Crippen LogP contribution is 2.25. The molecule has 1 fully saturated rings. The number of aromatic nitrogens is 2. The third-order valence-electron chi connectivity index (χ3n) is 5.26. The number of aliphatic carboxylic acids is 1. The van der Waals surface area contributed by atoms with Crippen molar-refractivity contribution in [2.45, 2.75) is 31.7 Å². The molecular weight excluding hydrogens is 365 g/mol. The fourth-order valence-electron chi connectivity index (χ4n) is 3.72. The highest BCUT2D eigenvalue weighted by molar-refractivity contribution is 6.00. The molecule has 2 heterocycles. The van der Waals surface area contributed by atoms with E-state index in [4.69, 9.17) is 5.11 Å². The summed E-state index contributed by atoms with van der Waals surface area (Å²) in [5.41, 5.74) is 0.305. The fraction of sp³-hybridized carbons (Fsp3) is 0.300. The van der Waals surface area contributed by atoms with Crippen LogP contribution in [0.2, 0.25) is 0 Å². The average Bonchev–Trinajstić information content (AvgIpc) is 2.69. The summed E-state index contributed by atoms with van der Waals surface area (Å²) in [5.74, 6) is -2.06. The van der Waals surface area contributed by atoms with Gasteiger partial charge in [0.05, 0.1) is 22.4 Å². The van der Waals surface area contributed by atoms with Crippen LogP contribution in [-0.4, -0.2) is 32.4 Å². The normalized spacial score (nSPS) is 19.6. The van der Waals surface area contributed by atoms with Gasteiger partial charge in [-0.2, -0.15) is 0 Å². The molecule has 1 saturated carbocycles. The number of fused-ring (bicyclic) bond motifs is 2. The number of hydrogen-bond donors (Lipinski definition) is 2. The first-order valence-corrected chi connectivity index (χ1v) is 9.08. The zero-order valence-corrected chi connectivity index (χ0v) is 14.9. The molecule has 0 bridgehead atoms. The van der Waals surface area contributed by atoms with E-state index < -0.39 is 17.3 Å². The molecule has 28 heavy (non-hydrogen) atoms. The van der Waals surface area contributed by atoms with Gasteiger partial charge in [0.2, 0.25) is 0 Å². The Bertz CT molecular complexity index is 1150. The molecule has 8 heteroatoms. The Morgan fingerprint density at radius 2 is 1.93 bits per heavy atom. The minimum Gasteiger partial charge on any atom is -0.481 e. The van der Waals surface area contributed by atoms with E-state index in [1.165, 1.54) is 22.7 Å². The summed E-state index contributed by atoms with van der Waals surface area (Å²) in [6, 6.07) is 6.78. The van der Waals surface area contributed by atoms with Crippen molar-refractivity contribution < 1.29 is 19.1 Å². The maximum absolute atomic E-state index is 13.5. The van der Waals surface area contributed by atoms with Crippen molar-refractivity contribution in [3.05, 3.63) is 58.3 Å². The summed E-state index contributed by atoms with van der Waals surface area (Å²) >= 11 is 0. The summed E-state index contributed by atoms with van der Waals surface area (Å²) in [4.78, 5) is 40.9. The van der Waals surface area contributed by atoms with Crippen molar-refractivity contribution in [3.63, 3.8) is 0 Å². The molecule has 3 aromatic rings. The molecule has 7 nitrogen and oxygen atoms in total. The number of nitrogens with one attached hydrogen (secondary N) is 1. The van der Waals surface area contributed by atoms with E-state index in [1.807, 2.05) is 0 Å². The molecule has 0 radical (unpaired) electrons. The van der Waals surface area contributed by atoms with Crippen molar-refractivity contribution in [3.8, 4) is 0 Å². The van der Waals surface area contributed by atoms with Crippen molar-refractivity contribution in [1.29, 1.82) is 0 Å². The second-order valence-corrected chi connectivity index (χ2v) is 7.05. The lowest BCUT2D eigenvalue weighted by Gasteiger charge is -2.26. The number of pyridine rings is 1. The molecule has 1 aliphatic rings. The number of carbonyl (C=O) groups is 2. The van der Waals surface area contributed by atoms with Gasteiger partial charge >= 0.3 is 5.97 Å². The first-order valence-electron chi connectivity index (χ1n) is 9.08. The van der Waals surface area contributed by atoms with Crippen LogP contribution in [0.15, 0.2) is 41.3 Å². The molecule has 2 N–H and O–H groups in total. The van der Waals surface area contributed by atoms with E-state index in [0.717, 1.165) is 6.07 Å². The van der Waals surface area contributed by atoms with E-state index in [1.54, 1.807) is 12.1 Å². The largest absolute Gasteiger partial charge is 0.481 e. The number of benzene rings is 1. The Morgan fingerprint density at radius 3 is 2.64 bits per heavy atom. The van der Waals surface area contributed by atoms with Crippen molar-refractivity contribution in [1.82, 2.24) is 14.7 Å². The maximum atomic E-state index is 13.5. The van der Waals surface area contributed by atoms with E-state index >= 15 is 0 Å². The van der Waals surface area contributed by atoms with Gasteiger partial charge < -0.3 is 10.4 Å². The standard InChI is InChI=1S/C20H18FN3O4/c21-12-5-8-16-15(10-12)19(26)24-9-1-2-14(17(24)23-16)18(25)22-13-6-3-11(4-7-13)20(27)28/h1-2,5,8-11,13H,3-4,6-7H2,(H,22,25)(H,27,28). The lowest BCUT2D eigenvalue weighted by atomic mass is 9.86. The van der Waals surface area contributed by atoms with Gasteiger partial charge in [-0.3, -0.25) is 18.8 Å². The highest BCUT2D eigenvalue weighted by atomic mass is 19.1. The van der Waals surface area contributed by atoms with E-state index in [2.05, 4.69) is 10.3 Å². The third kappa shape index (κ3) is 3.21. The Labute approximate surface area is 158 Å². The maximum Gasteiger partial charge on any atom is 0.306 e.